The minimum atomic E-state index is 0.0760. The van der Waals surface area contributed by atoms with Gasteiger partial charge in [0.2, 0.25) is 5.91 Å². The molecule has 1 amide bonds. The molecule has 4 rings (SSSR count). The van der Waals surface area contributed by atoms with E-state index in [0.29, 0.717) is 19.5 Å². The van der Waals surface area contributed by atoms with E-state index in [1.807, 2.05) is 24.3 Å². The zero-order chi connectivity index (χ0) is 23.6. The molecular weight excluding hydrogens is 426 g/mol. The number of para-hydroxylation sites is 1. The topological polar surface area (TPSA) is 70.6 Å². The van der Waals surface area contributed by atoms with Gasteiger partial charge in [0.25, 0.3) is 0 Å². The van der Waals surface area contributed by atoms with E-state index in [1.165, 1.54) is 5.56 Å². The van der Waals surface area contributed by atoms with Gasteiger partial charge in [-0.15, -0.1) is 0 Å². The van der Waals surface area contributed by atoms with E-state index in [4.69, 9.17) is 14.7 Å². The lowest BCUT2D eigenvalue weighted by atomic mass is 10.1. The van der Waals surface area contributed by atoms with Crippen LogP contribution < -0.4 is 10.2 Å². The van der Waals surface area contributed by atoms with Gasteiger partial charge in [0.15, 0.2) is 0 Å². The van der Waals surface area contributed by atoms with Crippen molar-refractivity contribution in [1.82, 2.24) is 20.2 Å². The van der Waals surface area contributed by atoms with Crippen LogP contribution in [0.4, 0.5) is 5.82 Å². The summed E-state index contributed by atoms with van der Waals surface area (Å²) in [6.07, 6.45) is 2.09. The molecule has 1 aromatic heterocycles. The minimum Gasteiger partial charge on any atom is -0.379 e. The van der Waals surface area contributed by atoms with Crippen LogP contribution in [0.3, 0.4) is 0 Å². The molecule has 1 aliphatic heterocycles. The number of aromatic nitrogens is 2. The summed E-state index contributed by atoms with van der Waals surface area (Å²) >= 11 is 0. The molecule has 0 radical (unpaired) electrons. The lowest BCUT2D eigenvalue weighted by Gasteiger charge is -2.27. The van der Waals surface area contributed by atoms with Crippen LogP contribution in [0.2, 0.25) is 0 Å². The first kappa shape index (κ1) is 24.1. The van der Waals surface area contributed by atoms with Crippen LogP contribution in [-0.2, 0) is 22.4 Å². The summed E-state index contributed by atoms with van der Waals surface area (Å²) in [5.41, 5.74) is 2.22. The second kappa shape index (κ2) is 12.4. The monoisotopic (exact) mass is 461 g/mol. The number of nitrogens with one attached hydrogen (secondary N) is 1. The molecule has 1 saturated heterocycles. The predicted molar refractivity (Wildman–Crippen MR) is 136 cm³/mol. The Hall–Kier alpha value is -3.03. The van der Waals surface area contributed by atoms with E-state index >= 15 is 0 Å². The zero-order valence-corrected chi connectivity index (χ0v) is 20.1. The molecule has 3 aromatic rings. The molecule has 1 aliphatic rings. The number of nitrogens with zero attached hydrogens (tertiary/aromatic N) is 4. The summed E-state index contributed by atoms with van der Waals surface area (Å²) in [5.74, 6) is 1.82. The van der Waals surface area contributed by atoms with E-state index in [0.717, 1.165) is 74.8 Å². The molecule has 7 heteroatoms. The Morgan fingerprint density at radius 2 is 1.79 bits per heavy atom. The fourth-order valence-corrected chi connectivity index (χ4v) is 4.24. The van der Waals surface area contributed by atoms with Crippen molar-refractivity contribution in [3.63, 3.8) is 0 Å². The largest absolute Gasteiger partial charge is 0.379 e. The van der Waals surface area contributed by atoms with E-state index in [2.05, 4.69) is 52.4 Å². The van der Waals surface area contributed by atoms with Crippen LogP contribution in [0.5, 0.6) is 0 Å². The number of morpholine rings is 1. The molecule has 7 nitrogen and oxygen atoms in total. The van der Waals surface area contributed by atoms with E-state index in [9.17, 15) is 4.79 Å². The molecule has 0 unspecified atom stereocenters. The van der Waals surface area contributed by atoms with E-state index in [1.54, 1.807) is 0 Å². The summed E-state index contributed by atoms with van der Waals surface area (Å²) in [7, 11) is 0. The Morgan fingerprint density at radius 1 is 1.03 bits per heavy atom. The van der Waals surface area contributed by atoms with Crippen LogP contribution in [0.15, 0.2) is 54.6 Å². The number of anilines is 1. The smallest absolute Gasteiger partial charge is 0.221 e. The molecule has 1 fully saturated rings. The van der Waals surface area contributed by atoms with Crippen molar-refractivity contribution in [3.8, 4) is 0 Å². The van der Waals surface area contributed by atoms with Crippen molar-refractivity contribution in [2.24, 2.45) is 0 Å². The Bertz CT molecular complexity index is 1050. The van der Waals surface area contributed by atoms with Gasteiger partial charge in [-0.2, -0.15) is 0 Å². The first-order valence-corrected chi connectivity index (χ1v) is 12.3. The van der Waals surface area contributed by atoms with Crippen molar-refractivity contribution in [2.45, 2.75) is 26.2 Å². The maximum Gasteiger partial charge on any atom is 0.221 e. The van der Waals surface area contributed by atoms with Gasteiger partial charge in [-0.1, -0.05) is 49.4 Å². The first-order chi connectivity index (χ1) is 16.7. The summed E-state index contributed by atoms with van der Waals surface area (Å²) in [4.78, 5) is 26.8. The standard InChI is InChI=1S/C27H35N5O2/c1-2-25-29-24-11-7-6-10-23(24)27(30-25)32(15-12-22-8-4-3-5-9-22)16-13-26(33)28-14-17-31-18-20-34-21-19-31/h3-11H,2,12-21H2,1H3,(H,28,33). The average Bonchev–Trinajstić information content (AvgIpc) is 2.89. The van der Waals surface area contributed by atoms with Crippen LogP contribution in [0.25, 0.3) is 10.9 Å². The molecule has 2 heterocycles. The number of ether oxygens (including phenoxy) is 1. The van der Waals surface area contributed by atoms with Gasteiger partial charge in [0.1, 0.15) is 11.6 Å². The highest BCUT2D eigenvalue weighted by Gasteiger charge is 2.16. The van der Waals surface area contributed by atoms with Gasteiger partial charge >= 0.3 is 0 Å². The number of fused-ring (bicyclic) bond motifs is 1. The normalized spacial score (nSPS) is 14.3. The third-order valence-corrected chi connectivity index (χ3v) is 6.22. The number of benzene rings is 2. The second-order valence-corrected chi connectivity index (χ2v) is 8.61. The van der Waals surface area contributed by atoms with Crippen LogP contribution in [-0.4, -0.2) is 73.3 Å². The van der Waals surface area contributed by atoms with E-state index in [-0.39, 0.29) is 5.91 Å². The molecule has 0 bridgehead atoms. The summed E-state index contributed by atoms with van der Waals surface area (Å²) < 4.78 is 5.39. The van der Waals surface area contributed by atoms with Gasteiger partial charge in [-0.25, -0.2) is 9.97 Å². The molecule has 0 spiro atoms. The molecule has 180 valence electrons. The summed E-state index contributed by atoms with van der Waals surface area (Å²) in [6.45, 7) is 8.42. The molecule has 0 saturated carbocycles. The fourth-order valence-electron chi connectivity index (χ4n) is 4.24. The number of hydrogen-bond acceptors (Lipinski definition) is 6. The first-order valence-electron chi connectivity index (χ1n) is 12.3. The third-order valence-electron chi connectivity index (χ3n) is 6.22. The highest BCUT2D eigenvalue weighted by Crippen LogP contribution is 2.24. The molecule has 1 N–H and O–H groups in total. The molecular formula is C27H35N5O2. The Morgan fingerprint density at radius 3 is 2.59 bits per heavy atom. The molecule has 0 aliphatic carbocycles. The maximum atomic E-state index is 12.7. The van der Waals surface area contributed by atoms with Crippen molar-refractivity contribution in [1.29, 1.82) is 0 Å². The highest BCUT2D eigenvalue weighted by molar-refractivity contribution is 5.89. The van der Waals surface area contributed by atoms with Crippen LogP contribution in [0.1, 0.15) is 24.7 Å². The van der Waals surface area contributed by atoms with Gasteiger partial charge in [-0.3, -0.25) is 9.69 Å². The summed E-state index contributed by atoms with van der Waals surface area (Å²) in [5, 5.41) is 4.12. The number of aryl methyl sites for hydroxylation is 1. The lowest BCUT2D eigenvalue weighted by Crippen LogP contribution is -2.41. The van der Waals surface area contributed by atoms with Crippen LogP contribution in [0, 0.1) is 0 Å². The van der Waals surface area contributed by atoms with Crippen molar-refractivity contribution in [3.05, 3.63) is 66.0 Å². The second-order valence-electron chi connectivity index (χ2n) is 8.61. The SMILES string of the molecule is CCc1nc(N(CCC(=O)NCCN2CCOCC2)CCc2ccccc2)c2ccccc2n1. The van der Waals surface area contributed by atoms with Crippen LogP contribution >= 0.6 is 0 Å². The quantitative estimate of drug-likeness (QED) is 0.473. The van der Waals surface area contributed by atoms with Gasteiger partial charge in [0.05, 0.1) is 18.7 Å². The fraction of sp³-hybridized carbons (Fsp3) is 0.444. The Balaban J connectivity index is 1.44. The van der Waals surface area contributed by atoms with E-state index < -0.39 is 0 Å². The van der Waals surface area contributed by atoms with Crippen molar-refractivity contribution < 1.29 is 9.53 Å². The molecule has 2 aromatic carbocycles. The number of carbonyl (C=O) groups is 1. The van der Waals surface area contributed by atoms with Gasteiger partial charge in [0, 0.05) is 57.5 Å². The van der Waals surface area contributed by atoms with Crippen molar-refractivity contribution in [2.75, 3.05) is 57.4 Å². The number of amides is 1. The average molecular weight is 462 g/mol. The predicted octanol–water partition coefficient (Wildman–Crippen LogP) is 3.08. The van der Waals surface area contributed by atoms with Gasteiger partial charge < -0.3 is 15.0 Å². The number of hydrogen-bond donors (Lipinski definition) is 1. The molecule has 34 heavy (non-hydrogen) atoms. The zero-order valence-electron chi connectivity index (χ0n) is 20.1. The highest BCUT2D eigenvalue weighted by atomic mass is 16.5. The number of carbonyl (C=O) groups excluding carboxylic acids is 1. The minimum absolute atomic E-state index is 0.0760. The Kier molecular flexibility index (Phi) is 8.82. The maximum absolute atomic E-state index is 12.7. The third kappa shape index (κ3) is 6.74. The molecule has 0 atom stereocenters. The lowest BCUT2D eigenvalue weighted by molar-refractivity contribution is -0.121. The Labute approximate surface area is 202 Å². The summed E-state index contributed by atoms with van der Waals surface area (Å²) in [6, 6.07) is 18.6. The number of rotatable bonds is 11. The van der Waals surface area contributed by atoms with Crippen molar-refractivity contribution >= 4 is 22.6 Å². The van der Waals surface area contributed by atoms with Gasteiger partial charge in [-0.05, 0) is 24.1 Å².